The zero-order chi connectivity index (χ0) is 34.9. The second kappa shape index (κ2) is 14.0. The Kier molecular flexibility index (Phi) is 13.1. The molecule has 0 saturated carbocycles. The van der Waals surface area contributed by atoms with Gasteiger partial charge in [-0.3, -0.25) is 4.79 Å². The minimum absolute atomic E-state index is 0.0359. The van der Waals surface area contributed by atoms with Crippen LogP contribution in [0.1, 0.15) is 75.7 Å². The molecule has 1 rings (SSSR count). The van der Waals surface area contributed by atoms with Crippen molar-refractivity contribution in [2.75, 3.05) is 14.2 Å². The van der Waals surface area contributed by atoms with E-state index < -0.39 is 67.2 Å². The quantitative estimate of drug-likeness (QED) is 0.147. The van der Waals surface area contributed by atoms with Crippen molar-refractivity contribution < 1.29 is 41.9 Å². The Labute approximate surface area is 270 Å². The molecule has 10 nitrogen and oxygen atoms in total. The highest BCUT2D eigenvalue weighted by molar-refractivity contribution is 6.75. The van der Waals surface area contributed by atoms with Gasteiger partial charge in [-0.05, 0) is 54.4 Å². The van der Waals surface area contributed by atoms with Crippen LogP contribution in [0.5, 0.6) is 0 Å². The summed E-state index contributed by atoms with van der Waals surface area (Å²) in [4.78, 5) is 39.3. The van der Waals surface area contributed by atoms with Crippen LogP contribution in [0.15, 0.2) is 0 Å². The number of ether oxygens (including phenoxy) is 3. The van der Waals surface area contributed by atoms with Gasteiger partial charge in [0.15, 0.2) is 25.0 Å². The largest absolute Gasteiger partial charge is 0.465 e. The molecule has 13 heteroatoms. The molecule has 0 bridgehead atoms. The highest BCUT2D eigenvalue weighted by Gasteiger charge is 2.60. The molecule has 0 aromatic heterocycles. The molecule has 44 heavy (non-hydrogen) atoms. The first-order valence-electron chi connectivity index (χ1n) is 15.6. The van der Waals surface area contributed by atoms with E-state index in [0.29, 0.717) is 0 Å². The summed E-state index contributed by atoms with van der Waals surface area (Å²) in [5.41, 5.74) is 0. The summed E-state index contributed by atoms with van der Waals surface area (Å²) in [6.07, 6.45) is -3.16. The minimum atomic E-state index is -2.62. The standard InChI is InChI=1S/C31H63NO9Si3/c1-21(34)32-24-22(39-42(13,14)28(2,3)4)19-31(37-12,27(35)36-11)38-26(24)25(41-44(17,18)30(8,9)10)23(20-33)40-43(15,16)29(5,6)7/h20,22-26H,19H2,1-18H3,(H,32,34)/t22-,23+,24+,25+,26+,31-/m0/s1. The molecule has 1 fully saturated rings. The Morgan fingerprint density at radius 1 is 0.841 bits per heavy atom. The fourth-order valence-corrected chi connectivity index (χ4v) is 8.19. The lowest BCUT2D eigenvalue weighted by Crippen LogP contribution is -2.71. The maximum atomic E-state index is 13.4. The predicted octanol–water partition coefficient (Wildman–Crippen LogP) is 6.17. The van der Waals surface area contributed by atoms with Crippen molar-refractivity contribution in [2.24, 2.45) is 0 Å². The zero-order valence-electron chi connectivity index (χ0n) is 30.8. The summed E-state index contributed by atoms with van der Waals surface area (Å²) >= 11 is 0. The Morgan fingerprint density at radius 3 is 1.66 bits per heavy atom. The monoisotopic (exact) mass is 677 g/mol. The van der Waals surface area contributed by atoms with Crippen molar-refractivity contribution in [3.8, 4) is 0 Å². The maximum absolute atomic E-state index is 13.4. The van der Waals surface area contributed by atoms with Crippen LogP contribution in [0.4, 0.5) is 0 Å². The number of carbonyl (C=O) groups is 3. The van der Waals surface area contributed by atoms with Crippen LogP contribution < -0.4 is 5.32 Å². The van der Waals surface area contributed by atoms with Crippen LogP contribution in [0, 0.1) is 0 Å². The van der Waals surface area contributed by atoms with Gasteiger partial charge in [0.25, 0.3) is 5.79 Å². The van der Waals surface area contributed by atoms with Crippen LogP contribution in [-0.4, -0.2) is 93.6 Å². The molecule has 1 aliphatic rings. The molecule has 0 radical (unpaired) electrons. The second-order valence-electron chi connectivity index (χ2n) is 16.7. The second-order valence-corrected chi connectivity index (χ2v) is 31.0. The predicted molar refractivity (Wildman–Crippen MR) is 181 cm³/mol. The molecule has 1 aliphatic heterocycles. The van der Waals surface area contributed by atoms with E-state index in [0.717, 1.165) is 6.29 Å². The van der Waals surface area contributed by atoms with Gasteiger partial charge in [-0.2, -0.15) is 0 Å². The van der Waals surface area contributed by atoms with Gasteiger partial charge in [0.05, 0.1) is 19.3 Å². The van der Waals surface area contributed by atoms with Gasteiger partial charge in [0.2, 0.25) is 5.91 Å². The number of esters is 1. The van der Waals surface area contributed by atoms with E-state index in [1.165, 1.54) is 21.1 Å². The van der Waals surface area contributed by atoms with Gasteiger partial charge in [-0.1, -0.05) is 62.3 Å². The Balaban J connectivity index is 4.10. The molecule has 0 aromatic carbocycles. The van der Waals surface area contributed by atoms with E-state index in [9.17, 15) is 14.4 Å². The van der Waals surface area contributed by atoms with Crippen molar-refractivity contribution in [1.82, 2.24) is 5.32 Å². The van der Waals surface area contributed by atoms with Gasteiger partial charge in [-0.25, -0.2) is 4.79 Å². The number of hydrogen-bond donors (Lipinski definition) is 1. The van der Waals surface area contributed by atoms with Gasteiger partial charge < -0.3 is 37.6 Å². The molecule has 6 atom stereocenters. The lowest BCUT2D eigenvalue weighted by Gasteiger charge is -2.53. The first kappa shape index (κ1) is 41.1. The van der Waals surface area contributed by atoms with E-state index in [4.69, 9.17) is 27.5 Å². The zero-order valence-corrected chi connectivity index (χ0v) is 33.8. The summed E-state index contributed by atoms with van der Waals surface area (Å²) in [6, 6.07) is -0.796. The molecular weight excluding hydrogens is 615 g/mol. The van der Waals surface area contributed by atoms with E-state index in [1.54, 1.807) is 0 Å². The van der Waals surface area contributed by atoms with Gasteiger partial charge in [0, 0.05) is 20.5 Å². The highest BCUT2D eigenvalue weighted by Crippen LogP contribution is 2.45. The smallest absolute Gasteiger partial charge is 0.366 e. The molecule has 1 amide bonds. The summed E-state index contributed by atoms with van der Waals surface area (Å²) in [6.45, 7) is 32.9. The molecule has 0 aromatic rings. The number of aldehydes is 1. The molecular formula is C31H63NO9Si3. The minimum Gasteiger partial charge on any atom is -0.465 e. The van der Waals surface area contributed by atoms with E-state index >= 15 is 0 Å². The molecule has 1 saturated heterocycles. The average molecular weight is 678 g/mol. The van der Waals surface area contributed by atoms with Crippen molar-refractivity contribution in [3.05, 3.63) is 0 Å². The van der Waals surface area contributed by atoms with Crippen molar-refractivity contribution in [2.45, 2.75) is 166 Å². The molecule has 258 valence electrons. The van der Waals surface area contributed by atoms with Crippen molar-refractivity contribution >= 4 is 43.1 Å². The topological polar surface area (TPSA) is 119 Å². The van der Waals surface area contributed by atoms with Crippen LogP contribution in [0.25, 0.3) is 0 Å². The Bertz CT molecular complexity index is 1010. The third-order valence-electron chi connectivity index (χ3n) is 10.3. The summed E-state index contributed by atoms with van der Waals surface area (Å²) in [5, 5.41) is 2.41. The fraction of sp³-hybridized carbons (Fsp3) is 0.903. The van der Waals surface area contributed by atoms with E-state index in [-0.39, 0.29) is 27.4 Å². The lowest BCUT2D eigenvalue weighted by atomic mass is 9.88. The lowest BCUT2D eigenvalue weighted by molar-refractivity contribution is -0.300. The summed E-state index contributed by atoms with van der Waals surface area (Å²) < 4.78 is 38.4. The Hall–Kier alpha value is -0.939. The van der Waals surface area contributed by atoms with E-state index in [1.807, 2.05) is 0 Å². The van der Waals surface area contributed by atoms with Crippen molar-refractivity contribution in [3.63, 3.8) is 0 Å². The molecule has 0 spiro atoms. The number of hydrogen-bond acceptors (Lipinski definition) is 9. The van der Waals surface area contributed by atoms with Crippen LogP contribution >= 0.6 is 0 Å². The molecule has 0 aliphatic carbocycles. The van der Waals surface area contributed by atoms with Gasteiger partial charge >= 0.3 is 5.97 Å². The molecule has 1 heterocycles. The van der Waals surface area contributed by atoms with Crippen LogP contribution in [-0.2, 0) is 41.9 Å². The maximum Gasteiger partial charge on any atom is 0.366 e. The highest BCUT2D eigenvalue weighted by atomic mass is 28.4. The number of carbonyl (C=O) groups excluding carboxylic acids is 3. The first-order valence-corrected chi connectivity index (χ1v) is 24.3. The Morgan fingerprint density at radius 2 is 1.30 bits per heavy atom. The van der Waals surface area contributed by atoms with Crippen LogP contribution in [0.2, 0.25) is 54.4 Å². The normalized spacial score (nSPS) is 25.6. The van der Waals surface area contributed by atoms with Crippen LogP contribution in [0.3, 0.4) is 0 Å². The number of rotatable bonds is 12. The molecule has 0 unspecified atom stereocenters. The number of methoxy groups -OCH3 is 2. The van der Waals surface area contributed by atoms with E-state index in [2.05, 4.69) is 107 Å². The van der Waals surface area contributed by atoms with Crippen molar-refractivity contribution in [1.29, 1.82) is 0 Å². The number of nitrogens with one attached hydrogen (secondary N) is 1. The third kappa shape index (κ3) is 9.33. The third-order valence-corrected chi connectivity index (χ3v) is 23.7. The van der Waals surface area contributed by atoms with Gasteiger partial charge in [-0.15, -0.1) is 0 Å². The molecule has 1 N–H and O–H groups in total. The van der Waals surface area contributed by atoms with Gasteiger partial charge in [0.1, 0.15) is 24.6 Å². The average Bonchev–Trinajstić information content (AvgIpc) is 2.84. The summed E-state index contributed by atoms with van der Waals surface area (Å²) in [5.74, 6) is -2.93. The number of amides is 1. The summed E-state index contributed by atoms with van der Waals surface area (Å²) in [7, 11) is -4.99. The fourth-order valence-electron chi connectivity index (χ4n) is 4.33. The SMILES string of the molecule is COC(=O)[C@]1(OC)C[C@H](O[Si](C)(C)C(C)(C)C)[C@@H](NC(C)=O)[C@H]([C@H](O[Si](C)(C)C(C)(C)C)[C@@H](C=O)O[Si](C)(C)C(C)(C)C)O1. The first-order chi connectivity index (χ1) is 19.5.